The van der Waals surface area contributed by atoms with E-state index in [0.29, 0.717) is 12.1 Å². The van der Waals surface area contributed by atoms with Crippen LogP contribution in [0.3, 0.4) is 0 Å². The lowest BCUT2D eigenvalue weighted by atomic mass is 9.97. The van der Waals surface area contributed by atoms with Crippen molar-refractivity contribution in [2.24, 2.45) is 0 Å². The highest BCUT2D eigenvalue weighted by Gasteiger charge is 2.24. The number of halogens is 1. The lowest BCUT2D eigenvalue weighted by Gasteiger charge is -2.30. The van der Waals surface area contributed by atoms with Gasteiger partial charge in [-0.1, -0.05) is 18.0 Å². The summed E-state index contributed by atoms with van der Waals surface area (Å²) in [4.78, 5) is 1.34. The zero-order chi connectivity index (χ0) is 10.7. The fourth-order valence-corrected chi connectivity index (χ4v) is 3.44. The molecule has 0 spiro atoms. The molecule has 2 unspecified atom stereocenters. The number of hydrogen-bond donors (Lipinski definition) is 2. The smallest absolute Gasteiger partial charge is 0.0931 e. The third kappa shape index (κ3) is 2.72. The second kappa shape index (κ2) is 5.30. The molecule has 2 N–H and O–H groups in total. The standard InChI is InChI=1S/C11H17ClN2S/c1-13-11(8-4-2-3-7-14-8)9-5-6-10(12)15-9/h5-6,8,11,13-14H,2-4,7H2,1H3. The molecular weight excluding hydrogens is 228 g/mol. The van der Waals surface area contributed by atoms with Crippen molar-refractivity contribution in [1.82, 2.24) is 10.6 Å². The highest BCUT2D eigenvalue weighted by Crippen LogP contribution is 2.30. The molecule has 1 saturated heterocycles. The molecule has 2 nitrogen and oxygen atoms in total. The zero-order valence-corrected chi connectivity index (χ0v) is 10.5. The minimum absolute atomic E-state index is 0.405. The molecule has 15 heavy (non-hydrogen) atoms. The molecular formula is C11H17ClN2S. The lowest BCUT2D eigenvalue weighted by molar-refractivity contribution is 0.329. The Balaban J connectivity index is 2.08. The Morgan fingerprint density at radius 2 is 2.40 bits per heavy atom. The van der Waals surface area contributed by atoms with Gasteiger partial charge in [0.15, 0.2) is 0 Å². The number of hydrogen-bond acceptors (Lipinski definition) is 3. The summed E-state index contributed by atoms with van der Waals surface area (Å²) in [6.45, 7) is 1.14. The summed E-state index contributed by atoms with van der Waals surface area (Å²) in [7, 11) is 2.02. The monoisotopic (exact) mass is 244 g/mol. The minimum Gasteiger partial charge on any atom is -0.312 e. The molecule has 1 fully saturated rings. The minimum atomic E-state index is 0.405. The van der Waals surface area contributed by atoms with Gasteiger partial charge in [-0.2, -0.15) is 0 Å². The number of likely N-dealkylation sites (N-methyl/N-ethyl adjacent to an activating group) is 1. The Kier molecular flexibility index (Phi) is 4.03. The van der Waals surface area contributed by atoms with E-state index >= 15 is 0 Å². The average Bonchev–Trinajstić information content (AvgIpc) is 2.68. The van der Waals surface area contributed by atoms with Gasteiger partial charge in [0.25, 0.3) is 0 Å². The molecule has 2 heterocycles. The van der Waals surface area contributed by atoms with Crippen LogP contribution in [0.15, 0.2) is 12.1 Å². The summed E-state index contributed by atoms with van der Waals surface area (Å²) in [5.41, 5.74) is 0. The molecule has 1 aliphatic heterocycles. The molecule has 0 aromatic carbocycles. The van der Waals surface area contributed by atoms with Crippen LogP contribution in [0.1, 0.15) is 30.2 Å². The summed E-state index contributed by atoms with van der Waals surface area (Å²) >= 11 is 7.65. The maximum Gasteiger partial charge on any atom is 0.0931 e. The predicted octanol–water partition coefficient (Wildman–Crippen LogP) is 2.80. The van der Waals surface area contributed by atoms with Crippen molar-refractivity contribution in [2.45, 2.75) is 31.3 Å². The molecule has 0 amide bonds. The van der Waals surface area contributed by atoms with E-state index in [1.165, 1.54) is 24.1 Å². The first-order valence-electron chi connectivity index (χ1n) is 5.47. The van der Waals surface area contributed by atoms with Crippen molar-refractivity contribution in [3.63, 3.8) is 0 Å². The fourth-order valence-electron chi connectivity index (χ4n) is 2.20. The molecule has 0 saturated carbocycles. The lowest BCUT2D eigenvalue weighted by Crippen LogP contribution is -2.43. The van der Waals surface area contributed by atoms with E-state index in [1.807, 2.05) is 13.1 Å². The van der Waals surface area contributed by atoms with E-state index in [-0.39, 0.29) is 0 Å². The molecule has 0 radical (unpaired) electrons. The Morgan fingerprint density at radius 1 is 1.53 bits per heavy atom. The summed E-state index contributed by atoms with van der Waals surface area (Å²) in [5, 5.41) is 6.97. The molecule has 84 valence electrons. The van der Waals surface area contributed by atoms with Crippen molar-refractivity contribution >= 4 is 22.9 Å². The maximum atomic E-state index is 5.97. The van der Waals surface area contributed by atoms with Crippen LogP contribution in [0.4, 0.5) is 0 Å². The van der Waals surface area contributed by atoms with Crippen molar-refractivity contribution in [2.75, 3.05) is 13.6 Å². The van der Waals surface area contributed by atoms with Gasteiger partial charge in [-0.3, -0.25) is 0 Å². The number of thiophene rings is 1. The van der Waals surface area contributed by atoms with Crippen LogP contribution in [0.2, 0.25) is 4.34 Å². The molecule has 1 aromatic rings. The Morgan fingerprint density at radius 3 is 2.93 bits per heavy atom. The molecule has 0 bridgehead atoms. The first kappa shape index (κ1) is 11.4. The zero-order valence-electron chi connectivity index (χ0n) is 8.92. The fraction of sp³-hybridized carbons (Fsp3) is 0.636. The van der Waals surface area contributed by atoms with Gasteiger partial charge < -0.3 is 10.6 Å². The van der Waals surface area contributed by atoms with Crippen LogP contribution >= 0.6 is 22.9 Å². The van der Waals surface area contributed by atoms with Crippen LogP contribution in [0, 0.1) is 0 Å². The van der Waals surface area contributed by atoms with Crippen LogP contribution in [0.5, 0.6) is 0 Å². The molecule has 2 atom stereocenters. The van der Waals surface area contributed by atoms with Gasteiger partial charge in [0, 0.05) is 10.9 Å². The summed E-state index contributed by atoms with van der Waals surface area (Å²) < 4.78 is 0.876. The quantitative estimate of drug-likeness (QED) is 0.855. The number of rotatable bonds is 3. The second-order valence-corrected chi connectivity index (χ2v) is 5.71. The van der Waals surface area contributed by atoms with Gasteiger partial charge >= 0.3 is 0 Å². The van der Waals surface area contributed by atoms with E-state index < -0.39 is 0 Å². The van der Waals surface area contributed by atoms with Gasteiger partial charge in [0.05, 0.1) is 10.4 Å². The maximum absolute atomic E-state index is 5.97. The molecule has 1 aliphatic rings. The largest absolute Gasteiger partial charge is 0.312 e. The van der Waals surface area contributed by atoms with Crippen LogP contribution in [-0.4, -0.2) is 19.6 Å². The highest BCUT2D eigenvalue weighted by atomic mass is 35.5. The van der Waals surface area contributed by atoms with Gasteiger partial charge in [-0.25, -0.2) is 0 Å². The SMILES string of the molecule is CNC(c1ccc(Cl)s1)C1CCCCN1. The Bertz CT molecular complexity index is 307. The van der Waals surface area contributed by atoms with Crippen molar-refractivity contribution in [1.29, 1.82) is 0 Å². The van der Waals surface area contributed by atoms with Gasteiger partial charge in [-0.05, 0) is 38.6 Å². The average molecular weight is 245 g/mol. The van der Waals surface area contributed by atoms with Crippen LogP contribution in [0.25, 0.3) is 0 Å². The normalized spacial score (nSPS) is 24.0. The summed E-state index contributed by atoms with van der Waals surface area (Å²) in [5.74, 6) is 0. The van der Waals surface area contributed by atoms with Crippen LogP contribution < -0.4 is 10.6 Å². The third-order valence-electron chi connectivity index (χ3n) is 2.96. The van der Waals surface area contributed by atoms with E-state index in [4.69, 9.17) is 11.6 Å². The third-order valence-corrected chi connectivity index (χ3v) is 4.28. The number of piperidine rings is 1. The van der Waals surface area contributed by atoms with E-state index in [9.17, 15) is 0 Å². The van der Waals surface area contributed by atoms with Gasteiger partial charge in [-0.15, -0.1) is 11.3 Å². The molecule has 0 aliphatic carbocycles. The first-order chi connectivity index (χ1) is 7.31. The van der Waals surface area contributed by atoms with Gasteiger partial charge in [0.2, 0.25) is 0 Å². The molecule has 4 heteroatoms. The first-order valence-corrected chi connectivity index (χ1v) is 6.66. The van der Waals surface area contributed by atoms with Crippen molar-refractivity contribution in [3.05, 3.63) is 21.3 Å². The highest BCUT2D eigenvalue weighted by molar-refractivity contribution is 7.16. The van der Waals surface area contributed by atoms with E-state index in [1.54, 1.807) is 11.3 Å². The Labute approximate surface area is 100 Å². The van der Waals surface area contributed by atoms with Gasteiger partial charge in [0.1, 0.15) is 0 Å². The topological polar surface area (TPSA) is 24.1 Å². The van der Waals surface area contributed by atoms with Crippen LogP contribution in [-0.2, 0) is 0 Å². The summed E-state index contributed by atoms with van der Waals surface area (Å²) in [6.07, 6.45) is 3.88. The molecule has 2 rings (SSSR count). The second-order valence-electron chi connectivity index (χ2n) is 3.96. The van der Waals surface area contributed by atoms with Crippen molar-refractivity contribution < 1.29 is 0 Å². The van der Waals surface area contributed by atoms with Crippen molar-refractivity contribution in [3.8, 4) is 0 Å². The predicted molar refractivity (Wildman–Crippen MR) is 66.8 cm³/mol. The number of nitrogens with one attached hydrogen (secondary N) is 2. The Hall–Kier alpha value is -0.0900. The summed E-state index contributed by atoms with van der Waals surface area (Å²) in [6, 6.07) is 5.07. The van der Waals surface area contributed by atoms with E-state index in [0.717, 1.165) is 10.9 Å². The van der Waals surface area contributed by atoms with E-state index in [2.05, 4.69) is 16.7 Å². The molecule has 1 aromatic heterocycles.